The number of ether oxygens (including phenoxy) is 1. The van der Waals surface area contributed by atoms with Crippen molar-refractivity contribution < 1.29 is 17.9 Å². The largest absolute Gasteiger partial charge is 0.455 e. The number of halogens is 1. The molecule has 0 aromatic heterocycles. The molecule has 1 amide bonds. The topological polar surface area (TPSA) is 84.5 Å². The van der Waals surface area contributed by atoms with Gasteiger partial charge in [0.25, 0.3) is 5.91 Å². The van der Waals surface area contributed by atoms with E-state index in [1.165, 1.54) is 6.07 Å². The molecule has 0 unspecified atom stereocenters. The molecule has 0 saturated carbocycles. The zero-order valence-corrected chi connectivity index (χ0v) is 17.3. The molecule has 2 N–H and O–H groups in total. The summed E-state index contributed by atoms with van der Waals surface area (Å²) in [5.74, 6) is 0.692. The summed E-state index contributed by atoms with van der Waals surface area (Å²) >= 11 is 6.08. The number of para-hydroxylation sites is 1. The number of hydrogen-bond acceptors (Lipinski definition) is 4. The fourth-order valence-electron chi connectivity index (χ4n) is 2.62. The number of carbonyl (C=O) groups excluding carboxylic acids is 1. The van der Waals surface area contributed by atoms with Crippen LogP contribution in [0.1, 0.15) is 15.9 Å². The Hall–Kier alpha value is -3.03. The molecule has 3 rings (SSSR count). The molecule has 0 atom stereocenters. The lowest BCUT2D eigenvalue weighted by Crippen LogP contribution is -2.14. The summed E-state index contributed by atoms with van der Waals surface area (Å²) < 4.78 is 31.1. The monoisotopic (exact) mass is 430 g/mol. The number of aryl methyl sites for hydroxylation is 1. The maximum atomic E-state index is 12.7. The van der Waals surface area contributed by atoms with Gasteiger partial charge in [0.2, 0.25) is 10.0 Å². The summed E-state index contributed by atoms with van der Waals surface area (Å²) in [7, 11) is -3.40. The molecule has 0 aliphatic carbocycles. The molecule has 0 aliphatic heterocycles. The van der Waals surface area contributed by atoms with Crippen LogP contribution >= 0.6 is 11.6 Å². The Kier molecular flexibility index (Phi) is 6.10. The van der Waals surface area contributed by atoms with Gasteiger partial charge in [-0.1, -0.05) is 29.8 Å². The SMILES string of the molecule is Cc1cc(C(=O)Nc2cc(Cl)ccc2Oc2ccccc2)ccc1NS(C)(=O)=O. The number of amides is 1. The minimum atomic E-state index is -3.40. The third-order valence-electron chi connectivity index (χ3n) is 3.94. The van der Waals surface area contributed by atoms with Crippen LogP contribution in [0.15, 0.2) is 66.7 Å². The van der Waals surface area contributed by atoms with Crippen molar-refractivity contribution in [3.8, 4) is 11.5 Å². The van der Waals surface area contributed by atoms with Crippen molar-refractivity contribution in [1.29, 1.82) is 0 Å². The zero-order chi connectivity index (χ0) is 21.0. The van der Waals surface area contributed by atoms with Gasteiger partial charge >= 0.3 is 0 Å². The molecule has 8 heteroatoms. The maximum Gasteiger partial charge on any atom is 0.255 e. The first-order valence-corrected chi connectivity index (χ1v) is 10.9. The predicted molar refractivity (Wildman–Crippen MR) is 116 cm³/mol. The molecule has 3 aromatic rings. The fourth-order valence-corrected chi connectivity index (χ4v) is 3.42. The van der Waals surface area contributed by atoms with Crippen molar-refractivity contribution in [3.63, 3.8) is 0 Å². The average molecular weight is 431 g/mol. The first-order chi connectivity index (χ1) is 13.7. The molecule has 0 spiro atoms. The molecule has 150 valence electrons. The van der Waals surface area contributed by atoms with E-state index in [2.05, 4.69) is 10.0 Å². The van der Waals surface area contributed by atoms with E-state index in [0.717, 1.165) is 6.26 Å². The highest BCUT2D eigenvalue weighted by atomic mass is 35.5. The van der Waals surface area contributed by atoms with E-state index in [9.17, 15) is 13.2 Å². The molecule has 3 aromatic carbocycles. The van der Waals surface area contributed by atoms with Gasteiger partial charge < -0.3 is 10.1 Å². The van der Waals surface area contributed by atoms with Gasteiger partial charge in [0.05, 0.1) is 17.6 Å². The van der Waals surface area contributed by atoms with Crippen LogP contribution in [0.3, 0.4) is 0 Å². The average Bonchev–Trinajstić information content (AvgIpc) is 2.65. The predicted octanol–water partition coefficient (Wildman–Crippen LogP) is 5.06. The Labute approximate surface area is 174 Å². The third-order valence-corrected chi connectivity index (χ3v) is 4.77. The molecule has 0 bridgehead atoms. The van der Waals surface area contributed by atoms with E-state index in [1.807, 2.05) is 18.2 Å². The van der Waals surface area contributed by atoms with Gasteiger partial charge in [0.15, 0.2) is 5.75 Å². The number of rotatable bonds is 6. The van der Waals surface area contributed by atoms with Gasteiger partial charge in [-0.25, -0.2) is 8.42 Å². The van der Waals surface area contributed by atoms with Crippen LogP contribution in [0.5, 0.6) is 11.5 Å². The second-order valence-corrected chi connectivity index (χ2v) is 8.60. The molecule has 6 nitrogen and oxygen atoms in total. The highest BCUT2D eigenvalue weighted by molar-refractivity contribution is 7.92. The molecule has 0 heterocycles. The summed E-state index contributed by atoms with van der Waals surface area (Å²) in [6.45, 7) is 1.72. The third kappa shape index (κ3) is 5.73. The summed E-state index contributed by atoms with van der Waals surface area (Å²) in [5, 5.41) is 3.24. The van der Waals surface area contributed by atoms with E-state index in [1.54, 1.807) is 49.4 Å². The van der Waals surface area contributed by atoms with Gasteiger partial charge in [-0.2, -0.15) is 0 Å². The second-order valence-electron chi connectivity index (χ2n) is 6.41. The summed E-state index contributed by atoms with van der Waals surface area (Å²) in [5.41, 5.74) is 1.82. The molecule has 0 aliphatic rings. The Morgan fingerprint density at radius 2 is 1.69 bits per heavy atom. The lowest BCUT2D eigenvalue weighted by molar-refractivity contribution is 0.102. The second kappa shape index (κ2) is 8.55. The zero-order valence-electron chi connectivity index (χ0n) is 15.8. The standard InChI is InChI=1S/C21H19ClN2O4S/c1-14-12-15(8-10-18(14)24-29(2,26)27)21(25)23-19-13-16(22)9-11-20(19)28-17-6-4-3-5-7-17/h3-13,24H,1-2H3,(H,23,25). The van der Waals surface area contributed by atoms with E-state index in [-0.39, 0.29) is 5.91 Å². The van der Waals surface area contributed by atoms with Crippen molar-refractivity contribution >= 4 is 38.9 Å². The Bertz CT molecular complexity index is 1150. The summed E-state index contributed by atoms with van der Waals surface area (Å²) in [6, 6.07) is 18.8. The molecule has 0 fully saturated rings. The van der Waals surface area contributed by atoms with Crippen LogP contribution in [0.2, 0.25) is 5.02 Å². The van der Waals surface area contributed by atoms with Gasteiger partial charge in [0.1, 0.15) is 5.75 Å². The van der Waals surface area contributed by atoms with Crippen molar-refractivity contribution in [2.24, 2.45) is 0 Å². The first kappa shape index (κ1) is 20.7. The smallest absolute Gasteiger partial charge is 0.255 e. The lowest BCUT2D eigenvalue weighted by Gasteiger charge is -2.14. The molecular formula is C21H19ClN2O4S. The Balaban J connectivity index is 1.83. The van der Waals surface area contributed by atoms with Crippen LogP contribution in [0.25, 0.3) is 0 Å². The minimum Gasteiger partial charge on any atom is -0.455 e. The van der Waals surface area contributed by atoms with Crippen LogP contribution in [0, 0.1) is 6.92 Å². The number of hydrogen-bond donors (Lipinski definition) is 2. The van der Waals surface area contributed by atoms with Crippen molar-refractivity contribution in [2.45, 2.75) is 6.92 Å². The minimum absolute atomic E-state index is 0.368. The van der Waals surface area contributed by atoms with Crippen LogP contribution < -0.4 is 14.8 Å². The van der Waals surface area contributed by atoms with E-state index in [0.29, 0.717) is 39.0 Å². The first-order valence-electron chi connectivity index (χ1n) is 8.63. The normalized spacial score (nSPS) is 11.0. The van der Waals surface area contributed by atoms with Crippen LogP contribution in [-0.4, -0.2) is 20.6 Å². The van der Waals surface area contributed by atoms with E-state index < -0.39 is 10.0 Å². The number of anilines is 2. The number of carbonyl (C=O) groups is 1. The molecule has 0 radical (unpaired) electrons. The van der Waals surface area contributed by atoms with Gasteiger partial charge in [-0.05, 0) is 61.0 Å². The number of nitrogens with one attached hydrogen (secondary N) is 2. The lowest BCUT2D eigenvalue weighted by atomic mass is 10.1. The highest BCUT2D eigenvalue weighted by Gasteiger charge is 2.14. The quantitative estimate of drug-likeness (QED) is 0.572. The van der Waals surface area contributed by atoms with Crippen LogP contribution in [0.4, 0.5) is 11.4 Å². The number of sulfonamides is 1. The van der Waals surface area contributed by atoms with Crippen molar-refractivity contribution in [3.05, 3.63) is 82.9 Å². The highest BCUT2D eigenvalue weighted by Crippen LogP contribution is 2.32. The van der Waals surface area contributed by atoms with Gasteiger partial charge in [0, 0.05) is 10.6 Å². The van der Waals surface area contributed by atoms with Crippen molar-refractivity contribution in [2.75, 3.05) is 16.3 Å². The summed E-state index contributed by atoms with van der Waals surface area (Å²) in [6.07, 6.45) is 1.07. The number of benzene rings is 3. The molecule has 0 saturated heterocycles. The van der Waals surface area contributed by atoms with Crippen molar-refractivity contribution in [1.82, 2.24) is 0 Å². The molecular weight excluding hydrogens is 412 g/mol. The maximum absolute atomic E-state index is 12.7. The fraction of sp³-hybridized carbons (Fsp3) is 0.0952. The Morgan fingerprint density at radius 1 is 0.966 bits per heavy atom. The summed E-state index contributed by atoms with van der Waals surface area (Å²) in [4.78, 5) is 12.7. The van der Waals surface area contributed by atoms with Gasteiger partial charge in [-0.3, -0.25) is 9.52 Å². The molecule has 29 heavy (non-hydrogen) atoms. The van der Waals surface area contributed by atoms with Crippen LogP contribution in [-0.2, 0) is 10.0 Å². The van der Waals surface area contributed by atoms with Gasteiger partial charge in [-0.15, -0.1) is 0 Å². The van der Waals surface area contributed by atoms with E-state index in [4.69, 9.17) is 16.3 Å². The van der Waals surface area contributed by atoms with E-state index >= 15 is 0 Å². The Morgan fingerprint density at radius 3 is 2.34 bits per heavy atom.